The molecule has 3 atom stereocenters. The minimum absolute atomic E-state index is 0.298. The van der Waals surface area contributed by atoms with Gasteiger partial charge in [0, 0.05) is 42.6 Å². The molecule has 19 heavy (non-hydrogen) atoms. The fraction of sp³-hybridized carbons (Fsp3) is 0.600. The summed E-state index contributed by atoms with van der Waals surface area (Å²) in [6.07, 6.45) is 1.32. The van der Waals surface area contributed by atoms with E-state index in [0.29, 0.717) is 18.2 Å². The number of halogens is 1. The third-order valence-electron chi connectivity index (χ3n) is 4.19. The second kappa shape index (κ2) is 5.43. The molecule has 0 aromatic heterocycles. The van der Waals surface area contributed by atoms with Crippen LogP contribution in [0.25, 0.3) is 0 Å². The van der Waals surface area contributed by atoms with Crippen molar-refractivity contribution in [3.63, 3.8) is 0 Å². The van der Waals surface area contributed by atoms with Gasteiger partial charge in [-0.2, -0.15) is 0 Å². The van der Waals surface area contributed by atoms with Crippen LogP contribution in [0, 0.1) is 0 Å². The van der Waals surface area contributed by atoms with Gasteiger partial charge in [-0.1, -0.05) is 15.9 Å². The van der Waals surface area contributed by atoms with Crippen LogP contribution in [0.5, 0.6) is 5.75 Å². The highest BCUT2D eigenvalue weighted by Crippen LogP contribution is 2.32. The van der Waals surface area contributed by atoms with Crippen molar-refractivity contribution in [3.05, 3.63) is 28.2 Å². The number of hydrogen-bond donors (Lipinski definition) is 1. The normalized spacial score (nSPS) is 31.0. The number of hydrogen-bond acceptors (Lipinski definition) is 3. The maximum absolute atomic E-state index is 6.08. The summed E-state index contributed by atoms with van der Waals surface area (Å²) in [5, 5.41) is 3.48. The molecular formula is C15H21BrN2O. The lowest BCUT2D eigenvalue weighted by atomic mass is 10.1. The molecule has 4 heteroatoms. The molecule has 0 aliphatic carbocycles. The SMILES string of the molecule is CC1CNCC(C)N1CC1Cc2cc(Br)ccc2O1. The Balaban J connectivity index is 1.66. The summed E-state index contributed by atoms with van der Waals surface area (Å²) in [6.45, 7) is 7.77. The zero-order valence-electron chi connectivity index (χ0n) is 11.5. The number of nitrogens with one attached hydrogen (secondary N) is 1. The Labute approximate surface area is 123 Å². The molecule has 0 amide bonds. The van der Waals surface area contributed by atoms with Gasteiger partial charge in [0.25, 0.3) is 0 Å². The van der Waals surface area contributed by atoms with Gasteiger partial charge < -0.3 is 10.1 Å². The number of nitrogens with zero attached hydrogens (tertiary/aromatic N) is 1. The number of benzene rings is 1. The van der Waals surface area contributed by atoms with Gasteiger partial charge in [-0.15, -0.1) is 0 Å². The third-order valence-corrected chi connectivity index (χ3v) is 4.68. The molecule has 1 aromatic rings. The van der Waals surface area contributed by atoms with Gasteiger partial charge >= 0.3 is 0 Å². The van der Waals surface area contributed by atoms with Crippen molar-refractivity contribution in [2.75, 3.05) is 19.6 Å². The van der Waals surface area contributed by atoms with E-state index in [-0.39, 0.29) is 0 Å². The van der Waals surface area contributed by atoms with Gasteiger partial charge in [-0.05, 0) is 37.6 Å². The molecule has 3 rings (SSSR count). The molecule has 0 spiro atoms. The van der Waals surface area contributed by atoms with E-state index in [4.69, 9.17) is 4.74 Å². The van der Waals surface area contributed by atoms with E-state index < -0.39 is 0 Å². The standard InChI is InChI=1S/C15H21BrN2O/c1-10-7-17-8-11(2)18(10)9-14-6-12-5-13(16)3-4-15(12)19-14/h3-5,10-11,14,17H,6-9H2,1-2H3. The minimum atomic E-state index is 0.298. The first-order chi connectivity index (χ1) is 9.13. The molecule has 2 heterocycles. The Kier molecular flexibility index (Phi) is 3.83. The highest BCUT2D eigenvalue weighted by molar-refractivity contribution is 9.10. The molecule has 3 unspecified atom stereocenters. The first-order valence-electron chi connectivity index (χ1n) is 7.05. The van der Waals surface area contributed by atoms with Crippen molar-refractivity contribution in [1.82, 2.24) is 10.2 Å². The minimum Gasteiger partial charge on any atom is -0.488 e. The van der Waals surface area contributed by atoms with Gasteiger partial charge in [0.15, 0.2) is 0 Å². The maximum atomic E-state index is 6.08. The van der Waals surface area contributed by atoms with Gasteiger partial charge in [0.2, 0.25) is 0 Å². The topological polar surface area (TPSA) is 24.5 Å². The van der Waals surface area contributed by atoms with Crippen LogP contribution in [0.1, 0.15) is 19.4 Å². The predicted molar refractivity (Wildman–Crippen MR) is 80.8 cm³/mol. The van der Waals surface area contributed by atoms with Gasteiger partial charge in [-0.25, -0.2) is 0 Å². The number of fused-ring (bicyclic) bond motifs is 1. The lowest BCUT2D eigenvalue weighted by Crippen LogP contribution is -2.57. The molecule has 0 bridgehead atoms. The molecular weight excluding hydrogens is 304 g/mol. The second-order valence-corrected chi connectivity index (χ2v) is 6.66. The van der Waals surface area contributed by atoms with Crippen molar-refractivity contribution in [1.29, 1.82) is 0 Å². The lowest BCUT2D eigenvalue weighted by molar-refractivity contribution is 0.0687. The van der Waals surface area contributed by atoms with Crippen LogP contribution in [0.2, 0.25) is 0 Å². The number of piperazine rings is 1. The maximum Gasteiger partial charge on any atom is 0.123 e. The zero-order chi connectivity index (χ0) is 13.4. The van der Waals surface area contributed by atoms with Crippen molar-refractivity contribution in [2.45, 2.75) is 38.5 Å². The number of ether oxygens (including phenoxy) is 1. The fourth-order valence-corrected chi connectivity index (χ4v) is 3.56. The summed E-state index contributed by atoms with van der Waals surface area (Å²) in [5.41, 5.74) is 1.33. The van der Waals surface area contributed by atoms with E-state index in [1.165, 1.54) is 5.56 Å². The van der Waals surface area contributed by atoms with E-state index in [0.717, 1.165) is 36.3 Å². The third kappa shape index (κ3) is 2.81. The van der Waals surface area contributed by atoms with Gasteiger partial charge in [-0.3, -0.25) is 4.90 Å². The summed E-state index contributed by atoms with van der Waals surface area (Å²) < 4.78 is 7.22. The summed E-state index contributed by atoms with van der Waals surface area (Å²) in [4.78, 5) is 2.57. The molecule has 1 aromatic carbocycles. The van der Waals surface area contributed by atoms with Crippen LogP contribution >= 0.6 is 15.9 Å². The van der Waals surface area contributed by atoms with E-state index in [1.54, 1.807) is 0 Å². The van der Waals surface area contributed by atoms with Crippen molar-refractivity contribution >= 4 is 15.9 Å². The average Bonchev–Trinajstić information content (AvgIpc) is 2.75. The van der Waals surface area contributed by atoms with Gasteiger partial charge in [0.1, 0.15) is 11.9 Å². The van der Waals surface area contributed by atoms with Crippen LogP contribution in [-0.2, 0) is 6.42 Å². The summed E-state index contributed by atoms with van der Waals surface area (Å²) in [5.74, 6) is 1.06. The van der Waals surface area contributed by atoms with Crippen LogP contribution in [0.15, 0.2) is 22.7 Å². The van der Waals surface area contributed by atoms with Crippen LogP contribution in [0.3, 0.4) is 0 Å². The quantitative estimate of drug-likeness (QED) is 0.904. The Bertz CT molecular complexity index is 455. The Morgan fingerprint density at radius 1 is 1.32 bits per heavy atom. The van der Waals surface area contributed by atoms with Crippen molar-refractivity contribution < 1.29 is 4.74 Å². The molecule has 2 aliphatic rings. The fourth-order valence-electron chi connectivity index (χ4n) is 3.16. The second-order valence-electron chi connectivity index (χ2n) is 5.75. The number of rotatable bonds is 2. The first-order valence-corrected chi connectivity index (χ1v) is 7.84. The molecule has 1 fully saturated rings. The highest BCUT2D eigenvalue weighted by Gasteiger charge is 2.30. The van der Waals surface area contributed by atoms with Crippen LogP contribution in [-0.4, -0.2) is 42.7 Å². The smallest absolute Gasteiger partial charge is 0.123 e. The van der Waals surface area contributed by atoms with Gasteiger partial charge in [0.05, 0.1) is 0 Å². The molecule has 3 nitrogen and oxygen atoms in total. The molecule has 0 radical (unpaired) electrons. The summed E-state index contributed by atoms with van der Waals surface area (Å²) in [7, 11) is 0. The highest BCUT2D eigenvalue weighted by atomic mass is 79.9. The van der Waals surface area contributed by atoms with Crippen molar-refractivity contribution in [3.8, 4) is 5.75 Å². The Hall–Kier alpha value is -0.580. The Morgan fingerprint density at radius 3 is 2.79 bits per heavy atom. The zero-order valence-corrected chi connectivity index (χ0v) is 13.1. The lowest BCUT2D eigenvalue weighted by Gasteiger charge is -2.40. The average molecular weight is 325 g/mol. The largest absolute Gasteiger partial charge is 0.488 e. The van der Waals surface area contributed by atoms with E-state index in [9.17, 15) is 0 Å². The van der Waals surface area contributed by atoms with Crippen LogP contribution < -0.4 is 10.1 Å². The first kappa shape index (κ1) is 13.4. The monoisotopic (exact) mass is 324 g/mol. The van der Waals surface area contributed by atoms with Crippen LogP contribution in [0.4, 0.5) is 0 Å². The Morgan fingerprint density at radius 2 is 2.05 bits per heavy atom. The van der Waals surface area contributed by atoms with E-state index in [2.05, 4.69) is 58.2 Å². The summed E-state index contributed by atoms with van der Waals surface area (Å²) >= 11 is 3.53. The van der Waals surface area contributed by atoms with E-state index >= 15 is 0 Å². The predicted octanol–water partition coefficient (Wildman–Crippen LogP) is 2.43. The molecule has 0 saturated carbocycles. The molecule has 2 aliphatic heterocycles. The van der Waals surface area contributed by atoms with E-state index in [1.807, 2.05) is 0 Å². The molecule has 104 valence electrons. The van der Waals surface area contributed by atoms with Crippen molar-refractivity contribution in [2.24, 2.45) is 0 Å². The molecule has 1 N–H and O–H groups in total. The summed E-state index contributed by atoms with van der Waals surface area (Å²) in [6, 6.07) is 7.48. The molecule has 1 saturated heterocycles.